The monoisotopic (exact) mass is 225 g/mol. The van der Waals surface area contributed by atoms with E-state index in [0.29, 0.717) is 6.61 Å². The molecule has 0 radical (unpaired) electrons. The summed E-state index contributed by atoms with van der Waals surface area (Å²) in [6.07, 6.45) is 3.79. The Morgan fingerprint density at radius 1 is 1.69 bits per heavy atom. The minimum Gasteiger partial charge on any atom is -0.501 e. The molecule has 0 aliphatic heterocycles. The highest BCUT2D eigenvalue weighted by Crippen LogP contribution is 2.11. The lowest BCUT2D eigenvalue weighted by atomic mass is 10.3. The molecule has 0 N–H and O–H groups in total. The van der Waals surface area contributed by atoms with Crippen LogP contribution in [0.4, 0.5) is 5.69 Å². The first-order chi connectivity index (χ1) is 7.57. The molecule has 1 aromatic heterocycles. The third-order valence-electron chi connectivity index (χ3n) is 1.81. The minimum absolute atomic E-state index is 0.0125. The molecule has 0 spiro atoms. The van der Waals surface area contributed by atoms with E-state index in [-0.39, 0.29) is 5.69 Å². The third kappa shape index (κ3) is 2.44. The topological polar surface area (TPSA) is 87.3 Å². The van der Waals surface area contributed by atoms with Crippen LogP contribution in [0.5, 0.6) is 0 Å². The fraction of sp³-hybridized carbons (Fsp3) is 0.333. The summed E-state index contributed by atoms with van der Waals surface area (Å²) >= 11 is 0. The molecule has 7 nitrogen and oxygen atoms in total. The number of hydrogen-bond acceptors (Lipinski definition) is 5. The summed E-state index contributed by atoms with van der Waals surface area (Å²) < 4.78 is 5.94. The first-order valence-corrected chi connectivity index (χ1v) is 4.56. The Hall–Kier alpha value is -2.18. The van der Waals surface area contributed by atoms with E-state index in [2.05, 4.69) is 4.98 Å². The zero-order valence-corrected chi connectivity index (χ0v) is 8.91. The SMILES string of the molecule is CCO/C=C/c1ncn(C)c(=O)c1[N+](=O)[O-]. The summed E-state index contributed by atoms with van der Waals surface area (Å²) in [6.45, 7) is 2.21. The number of aromatic nitrogens is 2. The van der Waals surface area contributed by atoms with Gasteiger partial charge in [-0.05, 0) is 6.92 Å². The second-order valence-electron chi connectivity index (χ2n) is 2.91. The van der Waals surface area contributed by atoms with Crippen molar-refractivity contribution in [3.8, 4) is 0 Å². The molecule has 0 saturated heterocycles. The number of aryl methyl sites for hydroxylation is 1. The van der Waals surface area contributed by atoms with Gasteiger partial charge in [-0.1, -0.05) is 0 Å². The Bertz CT molecular complexity index is 478. The van der Waals surface area contributed by atoms with Crippen LogP contribution in [0.25, 0.3) is 6.08 Å². The first kappa shape index (κ1) is 11.9. The number of ether oxygens (including phenoxy) is 1. The molecule has 0 aliphatic rings. The molecule has 0 atom stereocenters. The largest absolute Gasteiger partial charge is 0.501 e. The highest BCUT2D eigenvalue weighted by atomic mass is 16.6. The molecular formula is C9H11N3O4. The van der Waals surface area contributed by atoms with E-state index in [1.165, 1.54) is 25.7 Å². The van der Waals surface area contributed by atoms with Gasteiger partial charge < -0.3 is 4.74 Å². The Morgan fingerprint density at radius 3 is 2.94 bits per heavy atom. The van der Waals surface area contributed by atoms with E-state index in [0.717, 1.165) is 4.57 Å². The van der Waals surface area contributed by atoms with Crippen molar-refractivity contribution in [1.82, 2.24) is 9.55 Å². The molecular weight excluding hydrogens is 214 g/mol. The minimum atomic E-state index is -0.749. The van der Waals surface area contributed by atoms with E-state index < -0.39 is 16.2 Å². The molecule has 16 heavy (non-hydrogen) atoms. The Labute approximate surface area is 91.1 Å². The molecule has 0 fully saturated rings. The van der Waals surface area contributed by atoms with Gasteiger partial charge in [-0.25, -0.2) is 4.98 Å². The zero-order valence-electron chi connectivity index (χ0n) is 8.91. The van der Waals surface area contributed by atoms with Gasteiger partial charge >= 0.3 is 11.2 Å². The Kier molecular flexibility index (Phi) is 3.76. The van der Waals surface area contributed by atoms with E-state index >= 15 is 0 Å². The second kappa shape index (κ2) is 5.06. The molecule has 0 saturated carbocycles. The lowest BCUT2D eigenvalue weighted by Crippen LogP contribution is -2.21. The van der Waals surface area contributed by atoms with Crippen molar-refractivity contribution in [2.45, 2.75) is 6.92 Å². The Balaban J connectivity index is 3.24. The first-order valence-electron chi connectivity index (χ1n) is 4.56. The molecule has 0 unspecified atom stereocenters. The summed E-state index contributed by atoms with van der Waals surface area (Å²) in [4.78, 5) is 25.2. The highest BCUT2D eigenvalue weighted by Gasteiger charge is 2.19. The van der Waals surface area contributed by atoms with Crippen LogP contribution in [0.2, 0.25) is 0 Å². The predicted octanol–water partition coefficient (Wildman–Crippen LogP) is 0.696. The molecule has 0 amide bonds. The van der Waals surface area contributed by atoms with Crippen LogP contribution in [0.3, 0.4) is 0 Å². The second-order valence-corrected chi connectivity index (χ2v) is 2.91. The van der Waals surface area contributed by atoms with Crippen LogP contribution in [0, 0.1) is 10.1 Å². The fourth-order valence-electron chi connectivity index (χ4n) is 1.04. The van der Waals surface area contributed by atoms with E-state index in [9.17, 15) is 14.9 Å². The summed E-state index contributed by atoms with van der Waals surface area (Å²) in [7, 11) is 1.40. The van der Waals surface area contributed by atoms with Crippen molar-refractivity contribution in [2.75, 3.05) is 6.61 Å². The van der Waals surface area contributed by atoms with Crippen LogP contribution in [-0.4, -0.2) is 21.1 Å². The molecule has 0 bridgehead atoms. The maximum Gasteiger partial charge on any atom is 0.359 e. The molecule has 1 aromatic rings. The predicted molar refractivity (Wildman–Crippen MR) is 56.8 cm³/mol. The van der Waals surface area contributed by atoms with Gasteiger partial charge in [-0.2, -0.15) is 0 Å². The lowest BCUT2D eigenvalue weighted by molar-refractivity contribution is -0.387. The molecule has 7 heteroatoms. The van der Waals surface area contributed by atoms with Crippen molar-refractivity contribution in [3.63, 3.8) is 0 Å². The van der Waals surface area contributed by atoms with Crippen LogP contribution < -0.4 is 5.56 Å². The van der Waals surface area contributed by atoms with Gasteiger partial charge in [0.2, 0.25) is 0 Å². The number of nitrogens with zero attached hydrogens (tertiary/aromatic N) is 3. The molecule has 0 aromatic carbocycles. The van der Waals surface area contributed by atoms with Gasteiger partial charge in [0.05, 0.1) is 24.1 Å². The molecule has 1 heterocycles. The maximum atomic E-state index is 11.5. The summed E-state index contributed by atoms with van der Waals surface area (Å²) in [5.74, 6) is 0. The third-order valence-corrected chi connectivity index (χ3v) is 1.81. The number of rotatable bonds is 4. The van der Waals surface area contributed by atoms with Gasteiger partial charge in [0, 0.05) is 13.1 Å². The van der Waals surface area contributed by atoms with E-state index in [4.69, 9.17) is 4.74 Å². The van der Waals surface area contributed by atoms with Crippen molar-refractivity contribution in [2.24, 2.45) is 7.05 Å². The quantitative estimate of drug-likeness (QED) is 0.427. The normalized spacial score (nSPS) is 10.6. The van der Waals surface area contributed by atoms with Crippen molar-refractivity contribution in [3.05, 3.63) is 38.8 Å². The van der Waals surface area contributed by atoms with Gasteiger partial charge in [0.1, 0.15) is 0 Å². The van der Waals surface area contributed by atoms with Crippen LogP contribution in [0.15, 0.2) is 17.4 Å². The highest BCUT2D eigenvalue weighted by molar-refractivity contribution is 5.54. The van der Waals surface area contributed by atoms with E-state index in [1.54, 1.807) is 6.92 Å². The lowest BCUT2D eigenvalue weighted by Gasteiger charge is -1.99. The fourth-order valence-corrected chi connectivity index (χ4v) is 1.04. The van der Waals surface area contributed by atoms with Gasteiger partial charge in [0.25, 0.3) is 0 Å². The van der Waals surface area contributed by atoms with Gasteiger partial charge in [0.15, 0.2) is 5.69 Å². The van der Waals surface area contributed by atoms with Gasteiger partial charge in [-0.3, -0.25) is 19.5 Å². The van der Waals surface area contributed by atoms with Crippen molar-refractivity contribution < 1.29 is 9.66 Å². The van der Waals surface area contributed by atoms with Gasteiger partial charge in [-0.15, -0.1) is 0 Å². The van der Waals surface area contributed by atoms with Crippen molar-refractivity contribution in [1.29, 1.82) is 0 Å². The Morgan fingerprint density at radius 2 is 2.38 bits per heavy atom. The summed E-state index contributed by atoms with van der Waals surface area (Å²) in [5, 5.41) is 10.7. The molecule has 1 rings (SSSR count). The van der Waals surface area contributed by atoms with Crippen LogP contribution >= 0.6 is 0 Å². The maximum absolute atomic E-state index is 11.5. The number of hydrogen-bond donors (Lipinski definition) is 0. The van der Waals surface area contributed by atoms with Crippen LogP contribution in [-0.2, 0) is 11.8 Å². The standard InChI is InChI=1S/C9H11N3O4/c1-3-16-5-4-7-8(12(14)15)9(13)11(2)6-10-7/h4-6H,3H2,1-2H3/b5-4+. The average Bonchev–Trinajstić information content (AvgIpc) is 2.23. The van der Waals surface area contributed by atoms with Crippen molar-refractivity contribution >= 4 is 11.8 Å². The van der Waals surface area contributed by atoms with E-state index in [1.807, 2.05) is 0 Å². The molecule has 0 aliphatic carbocycles. The van der Waals surface area contributed by atoms with Crippen LogP contribution in [0.1, 0.15) is 12.6 Å². The summed E-state index contributed by atoms with van der Waals surface area (Å²) in [5.41, 5.74) is -1.27. The molecule has 86 valence electrons. The summed E-state index contributed by atoms with van der Waals surface area (Å²) in [6, 6.07) is 0. The number of nitro groups is 1. The zero-order chi connectivity index (χ0) is 12.1. The average molecular weight is 225 g/mol. The smallest absolute Gasteiger partial charge is 0.359 e.